The number of nitrogens with one attached hydrogen (secondary N) is 1. The lowest BCUT2D eigenvalue weighted by Gasteiger charge is -2.33. The Kier molecular flexibility index (Phi) is 4.43. The van der Waals surface area contributed by atoms with Crippen molar-refractivity contribution >= 4 is 34.1 Å². The number of piperazine rings is 1. The SMILES string of the molecule is CN1CCN(c2nc(=S)c(Br)c(C3CCCC3)[nH]2)CC1. The molecule has 4 nitrogen and oxygen atoms in total. The molecule has 1 aliphatic heterocycles. The molecule has 20 heavy (non-hydrogen) atoms. The molecule has 0 aromatic carbocycles. The summed E-state index contributed by atoms with van der Waals surface area (Å²) in [5.74, 6) is 1.56. The molecule has 0 radical (unpaired) electrons. The summed E-state index contributed by atoms with van der Waals surface area (Å²) in [5.41, 5.74) is 1.26. The van der Waals surface area contributed by atoms with Crippen molar-refractivity contribution in [3.05, 3.63) is 14.8 Å². The standard InChI is InChI=1S/C14H21BrN4S/c1-18-6-8-19(9-7-18)14-16-12(10-4-2-3-5-10)11(15)13(20)17-14/h10H,2-9H2,1H3,(H,16,17,20). The third kappa shape index (κ3) is 2.92. The summed E-state index contributed by atoms with van der Waals surface area (Å²) in [6, 6.07) is 0. The topological polar surface area (TPSA) is 35.2 Å². The second kappa shape index (κ2) is 6.12. The molecule has 1 N–H and O–H groups in total. The van der Waals surface area contributed by atoms with Crippen LogP contribution in [0.1, 0.15) is 37.3 Å². The molecule has 0 atom stereocenters. The highest BCUT2D eigenvalue weighted by Crippen LogP contribution is 2.37. The Morgan fingerprint density at radius 1 is 1.20 bits per heavy atom. The first kappa shape index (κ1) is 14.5. The lowest BCUT2D eigenvalue weighted by atomic mass is 10.0. The smallest absolute Gasteiger partial charge is 0.204 e. The normalized spacial score (nSPS) is 21.6. The van der Waals surface area contributed by atoms with E-state index in [4.69, 9.17) is 12.2 Å². The molecule has 0 unspecified atom stereocenters. The summed E-state index contributed by atoms with van der Waals surface area (Å²) in [5, 5.41) is 0. The molecule has 2 heterocycles. The van der Waals surface area contributed by atoms with Gasteiger partial charge < -0.3 is 14.8 Å². The zero-order valence-corrected chi connectivity index (χ0v) is 14.3. The molecule has 1 aromatic heterocycles. The van der Waals surface area contributed by atoms with Crippen molar-refractivity contribution in [1.82, 2.24) is 14.9 Å². The van der Waals surface area contributed by atoms with E-state index in [-0.39, 0.29) is 0 Å². The second-order valence-corrected chi connectivity index (χ2v) is 7.04. The quantitative estimate of drug-likeness (QED) is 0.824. The van der Waals surface area contributed by atoms with E-state index in [9.17, 15) is 0 Å². The highest BCUT2D eigenvalue weighted by molar-refractivity contribution is 9.10. The van der Waals surface area contributed by atoms with Crippen molar-refractivity contribution in [2.75, 3.05) is 38.1 Å². The Labute approximate surface area is 133 Å². The number of halogens is 1. The van der Waals surface area contributed by atoms with Crippen molar-refractivity contribution in [2.45, 2.75) is 31.6 Å². The molecule has 1 aromatic rings. The molecular weight excluding hydrogens is 336 g/mol. The summed E-state index contributed by atoms with van der Waals surface area (Å²) in [7, 11) is 2.17. The van der Waals surface area contributed by atoms with E-state index in [0.29, 0.717) is 10.6 Å². The molecule has 1 saturated carbocycles. The number of aromatic amines is 1. The van der Waals surface area contributed by atoms with Crippen LogP contribution in [0.15, 0.2) is 4.47 Å². The van der Waals surface area contributed by atoms with Gasteiger partial charge >= 0.3 is 0 Å². The van der Waals surface area contributed by atoms with Gasteiger partial charge in [0, 0.05) is 37.8 Å². The van der Waals surface area contributed by atoms with Gasteiger partial charge in [-0.3, -0.25) is 0 Å². The molecule has 110 valence electrons. The van der Waals surface area contributed by atoms with Crippen LogP contribution in [-0.2, 0) is 0 Å². The summed E-state index contributed by atoms with van der Waals surface area (Å²) in [6.45, 7) is 4.19. The summed E-state index contributed by atoms with van der Waals surface area (Å²) < 4.78 is 1.69. The fraction of sp³-hybridized carbons (Fsp3) is 0.714. The third-order valence-corrected chi connectivity index (χ3v) is 5.80. The van der Waals surface area contributed by atoms with Gasteiger partial charge in [0.15, 0.2) is 0 Å². The lowest BCUT2D eigenvalue weighted by molar-refractivity contribution is 0.311. The number of rotatable bonds is 2. The Morgan fingerprint density at radius 3 is 2.50 bits per heavy atom. The van der Waals surface area contributed by atoms with Crippen LogP contribution in [0.3, 0.4) is 0 Å². The fourth-order valence-electron chi connectivity index (χ4n) is 3.13. The molecule has 0 spiro atoms. The first-order valence-corrected chi connectivity index (χ1v) is 8.58. The minimum Gasteiger partial charge on any atom is -0.340 e. The molecule has 0 amide bonds. The Morgan fingerprint density at radius 2 is 1.85 bits per heavy atom. The molecule has 1 aliphatic carbocycles. The van der Waals surface area contributed by atoms with Gasteiger partial charge in [-0.15, -0.1) is 0 Å². The molecule has 6 heteroatoms. The highest BCUT2D eigenvalue weighted by Gasteiger charge is 2.23. The molecule has 0 bridgehead atoms. The van der Waals surface area contributed by atoms with E-state index < -0.39 is 0 Å². The number of hydrogen-bond donors (Lipinski definition) is 1. The number of anilines is 1. The van der Waals surface area contributed by atoms with Crippen LogP contribution in [0.5, 0.6) is 0 Å². The van der Waals surface area contributed by atoms with Gasteiger partial charge in [-0.1, -0.05) is 25.1 Å². The maximum absolute atomic E-state index is 5.44. The van der Waals surface area contributed by atoms with Gasteiger partial charge in [-0.25, -0.2) is 4.98 Å². The minimum absolute atomic E-state index is 0.611. The van der Waals surface area contributed by atoms with E-state index in [1.807, 2.05) is 0 Å². The van der Waals surface area contributed by atoms with Crippen molar-refractivity contribution in [1.29, 1.82) is 0 Å². The van der Waals surface area contributed by atoms with Crippen molar-refractivity contribution < 1.29 is 0 Å². The van der Waals surface area contributed by atoms with Crippen molar-refractivity contribution in [2.24, 2.45) is 0 Å². The first-order valence-electron chi connectivity index (χ1n) is 7.38. The lowest BCUT2D eigenvalue weighted by Crippen LogP contribution is -2.45. The molecule has 3 rings (SSSR count). The van der Waals surface area contributed by atoms with Crippen LogP contribution in [0.4, 0.5) is 5.95 Å². The number of H-pyrrole nitrogens is 1. The van der Waals surface area contributed by atoms with E-state index in [0.717, 1.165) is 36.6 Å². The number of nitrogens with zero attached hydrogens (tertiary/aromatic N) is 3. The van der Waals surface area contributed by atoms with Crippen molar-refractivity contribution in [3.8, 4) is 0 Å². The van der Waals surface area contributed by atoms with Gasteiger partial charge in [-0.2, -0.15) is 0 Å². The zero-order chi connectivity index (χ0) is 14.1. The van der Waals surface area contributed by atoms with Crippen molar-refractivity contribution in [3.63, 3.8) is 0 Å². The Balaban J connectivity index is 1.90. The molecule has 2 aliphatic rings. The van der Waals surface area contributed by atoms with Crippen LogP contribution in [0.25, 0.3) is 0 Å². The highest BCUT2D eigenvalue weighted by atomic mass is 79.9. The minimum atomic E-state index is 0.611. The van der Waals surface area contributed by atoms with Gasteiger partial charge in [-0.05, 0) is 35.8 Å². The largest absolute Gasteiger partial charge is 0.340 e. The van der Waals surface area contributed by atoms with Gasteiger partial charge in [0.05, 0.1) is 4.47 Å². The van der Waals surface area contributed by atoms with Gasteiger partial charge in [0.25, 0.3) is 0 Å². The van der Waals surface area contributed by atoms with Crippen LogP contribution >= 0.6 is 28.1 Å². The average Bonchev–Trinajstić information content (AvgIpc) is 2.96. The molecule has 1 saturated heterocycles. The molecule has 2 fully saturated rings. The van der Waals surface area contributed by atoms with Crippen LogP contribution in [0, 0.1) is 4.64 Å². The molecular formula is C14H21BrN4S. The van der Waals surface area contributed by atoms with E-state index in [1.165, 1.54) is 31.4 Å². The van der Waals surface area contributed by atoms with Crippen LogP contribution < -0.4 is 4.90 Å². The predicted molar refractivity (Wildman–Crippen MR) is 88.0 cm³/mol. The third-order valence-electron chi connectivity index (χ3n) is 4.44. The monoisotopic (exact) mass is 356 g/mol. The zero-order valence-electron chi connectivity index (χ0n) is 11.9. The van der Waals surface area contributed by atoms with Crippen LogP contribution in [0.2, 0.25) is 0 Å². The fourth-order valence-corrected chi connectivity index (χ4v) is 3.84. The summed E-state index contributed by atoms with van der Waals surface area (Å²) in [6.07, 6.45) is 5.17. The van der Waals surface area contributed by atoms with Gasteiger partial charge in [0.1, 0.15) is 4.64 Å². The number of aromatic nitrogens is 2. The second-order valence-electron chi connectivity index (χ2n) is 5.86. The summed E-state index contributed by atoms with van der Waals surface area (Å²) in [4.78, 5) is 12.8. The Bertz CT molecular complexity index is 530. The number of hydrogen-bond acceptors (Lipinski definition) is 4. The van der Waals surface area contributed by atoms with E-state index >= 15 is 0 Å². The maximum atomic E-state index is 5.44. The average molecular weight is 357 g/mol. The Hall–Kier alpha value is -0.460. The summed E-state index contributed by atoms with van der Waals surface area (Å²) >= 11 is 9.07. The maximum Gasteiger partial charge on any atom is 0.204 e. The van der Waals surface area contributed by atoms with E-state index in [1.54, 1.807) is 0 Å². The van der Waals surface area contributed by atoms with E-state index in [2.05, 4.69) is 42.7 Å². The van der Waals surface area contributed by atoms with Gasteiger partial charge in [0.2, 0.25) is 5.95 Å². The van der Waals surface area contributed by atoms with Crippen LogP contribution in [-0.4, -0.2) is 48.1 Å². The first-order chi connectivity index (χ1) is 9.65. The predicted octanol–water partition coefficient (Wildman–Crippen LogP) is 3.31. The number of likely N-dealkylation sites (N-methyl/N-ethyl adjacent to an activating group) is 1.